The first-order valence-corrected chi connectivity index (χ1v) is 9.87. The third-order valence-electron chi connectivity index (χ3n) is 4.44. The molecule has 2 atom stereocenters. The van der Waals surface area contributed by atoms with Gasteiger partial charge in [0.25, 0.3) is 10.2 Å². The molecule has 0 amide bonds. The maximum Gasteiger partial charge on any atom is 0.310 e. The van der Waals surface area contributed by atoms with Gasteiger partial charge in [-0.05, 0) is 40.2 Å². The lowest BCUT2D eigenvalue weighted by molar-refractivity contribution is -0.149. The third kappa shape index (κ3) is 6.37. The Labute approximate surface area is 140 Å². The molecule has 8 heteroatoms. The van der Waals surface area contributed by atoms with Crippen molar-refractivity contribution in [1.82, 2.24) is 13.9 Å². The molecule has 1 N–H and O–H groups in total. The van der Waals surface area contributed by atoms with Gasteiger partial charge in [-0.25, -0.2) is 4.72 Å². The highest BCUT2D eigenvalue weighted by Gasteiger charge is 2.32. The van der Waals surface area contributed by atoms with E-state index in [-0.39, 0.29) is 18.4 Å². The Bertz CT molecular complexity index is 469. The second-order valence-electron chi connectivity index (χ2n) is 6.09. The van der Waals surface area contributed by atoms with Crippen LogP contribution in [0.4, 0.5) is 0 Å². The van der Waals surface area contributed by atoms with E-state index in [1.807, 2.05) is 7.05 Å². The van der Waals surface area contributed by atoms with Crippen LogP contribution < -0.4 is 4.72 Å². The summed E-state index contributed by atoms with van der Waals surface area (Å²) in [5, 5.41) is 0. The topological polar surface area (TPSA) is 78.9 Å². The van der Waals surface area contributed by atoms with Crippen LogP contribution in [-0.2, 0) is 19.7 Å². The standard InChI is InChI=1S/C15H31N3O4S/c1-5-13(3)17(4)11-9-16-23(20,21)18-10-7-8-14(12-18)15(19)22-6-2/h13-14,16H,5-12H2,1-4H3/t13-,14-/m1/s1. The molecule has 7 nitrogen and oxygen atoms in total. The summed E-state index contributed by atoms with van der Waals surface area (Å²) in [5.41, 5.74) is 0. The normalized spacial score (nSPS) is 21.3. The van der Waals surface area contributed by atoms with Gasteiger partial charge in [-0.2, -0.15) is 12.7 Å². The summed E-state index contributed by atoms with van der Waals surface area (Å²) in [5.74, 6) is -0.660. The Kier molecular flexibility index (Phi) is 8.46. The lowest BCUT2D eigenvalue weighted by Crippen LogP contribution is -2.49. The summed E-state index contributed by atoms with van der Waals surface area (Å²) in [7, 11) is -1.56. The Morgan fingerprint density at radius 3 is 2.74 bits per heavy atom. The fraction of sp³-hybridized carbons (Fsp3) is 0.933. The van der Waals surface area contributed by atoms with Crippen LogP contribution in [-0.4, -0.2) is 69.5 Å². The molecule has 1 saturated heterocycles. The Morgan fingerprint density at radius 2 is 2.13 bits per heavy atom. The van der Waals surface area contributed by atoms with E-state index in [1.54, 1.807) is 6.92 Å². The SMILES string of the molecule is CCOC(=O)[C@@H]1CCCN(S(=O)(=O)NCCN(C)[C@H](C)CC)C1. The van der Waals surface area contributed by atoms with E-state index >= 15 is 0 Å². The highest BCUT2D eigenvalue weighted by molar-refractivity contribution is 7.87. The van der Waals surface area contributed by atoms with Gasteiger partial charge in [-0.3, -0.25) is 4.79 Å². The molecule has 1 rings (SSSR count). The van der Waals surface area contributed by atoms with E-state index < -0.39 is 10.2 Å². The van der Waals surface area contributed by atoms with Crippen molar-refractivity contribution < 1.29 is 17.9 Å². The number of carbonyl (C=O) groups is 1. The Morgan fingerprint density at radius 1 is 1.43 bits per heavy atom. The molecule has 0 saturated carbocycles. The van der Waals surface area contributed by atoms with Gasteiger partial charge in [-0.1, -0.05) is 6.92 Å². The zero-order chi connectivity index (χ0) is 17.5. The predicted molar refractivity (Wildman–Crippen MR) is 90.2 cm³/mol. The smallest absolute Gasteiger partial charge is 0.310 e. The Balaban J connectivity index is 2.50. The second-order valence-corrected chi connectivity index (χ2v) is 7.84. The summed E-state index contributed by atoms with van der Waals surface area (Å²) in [6, 6.07) is 0.419. The lowest BCUT2D eigenvalue weighted by Gasteiger charge is -2.31. The van der Waals surface area contributed by atoms with Crippen molar-refractivity contribution in [3.8, 4) is 0 Å². The molecule has 0 bridgehead atoms. The zero-order valence-corrected chi connectivity index (χ0v) is 15.6. The molecule has 0 unspecified atom stereocenters. The minimum atomic E-state index is -3.54. The molecule has 136 valence electrons. The van der Waals surface area contributed by atoms with Gasteiger partial charge in [0.1, 0.15) is 0 Å². The fourth-order valence-corrected chi connectivity index (χ4v) is 3.87. The van der Waals surface area contributed by atoms with Crippen LogP contribution in [0.5, 0.6) is 0 Å². The molecule has 1 fully saturated rings. The maximum absolute atomic E-state index is 12.4. The molecular weight excluding hydrogens is 318 g/mol. The number of likely N-dealkylation sites (N-methyl/N-ethyl adjacent to an activating group) is 1. The second kappa shape index (κ2) is 9.56. The molecular formula is C15H31N3O4S. The molecule has 1 aliphatic heterocycles. The van der Waals surface area contributed by atoms with Crippen molar-refractivity contribution in [1.29, 1.82) is 0 Å². The number of nitrogens with zero attached hydrogens (tertiary/aromatic N) is 2. The van der Waals surface area contributed by atoms with Crippen molar-refractivity contribution >= 4 is 16.2 Å². The molecule has 0 spiro atoms. The predicted octanol–water partition coefficient (Wildman–Crippen LogP) is 0.826. The van der Waals surface area contributed by atoms with E-state index in [0.29, 0.717) is 45.1 Å². The van der Waals surface area contributed by atoms with E-state index in [1.165, 1.54) is 4.31 Å². The van der Waals surface area contributed by atoms with Crippen LogP contribution in [0, 0.1) is 5.92 Å². The third-order valence-corrected chi connectivity index (χ3v) is 6.02. The number of hydrogen-bond donors (Lipinski definition) is 1. The average molecular weight is 349 g/mol. The molecule has 1 aliphatic rings. The van der Waals surface area contributed by atoms with Crippen molar-refractivity contribution in [2.45, 2.75) is 46.1 Å². The van der Waals surface area contributed by atoms with Crippen molar-refractivity contribution in [2.24, 2.45) is 5.92 Å². The largest absolute Gasteiger partial charge is 0.466 e. The number of esters is 1. The molecule has 23 heavy (non-hydrogen) atoms. The van der Waals surface area contributed by atoms with Crippen molar-refractivity contribution in [3.05, 3.63) is 0 Å². The van der Waals surface area contributed by atoms with E-state index in [9.17, 15) is 13.2 Å². The fourth-order valence-electron chi connectivity index (χ4n) is 2.59. The van der Waals surface area contributed by atoms with E-state index in [4.69, 9.17) is 4.74 Å². The van der Waals surface area contributed by atoms with Crippen LogP contribution in [0.1, 0.15) is 40.0 Å². The maximum atomic E-state index is 12.4. The van der Waals surface area contributed by atoms with Crippen LogP contribution >= 0.6 is 0 Å². The summed E-state index contributed by atoms with van der Waals surface area (Å²) < 4.78 is 33.8. The molecule has 0 aromatic heterocycles. The summed E-state index contributed by atoms with van der Waals surface area (Å²) in [6.45, 7) is 7.97. The van der Waals surface area contributed by atoms with Gasteiger partial charge < -0.3 is 9.64 Å². The molecule has 0 aromatic rings. The number of ether oxygens (including phenoxy) is 1. The summed E-state index contributed by atoms with van der Waals surface area (Å²) in [4.78, 5) is 13.9. The molecule has 0 radical (unpaired) electrons. The van der Waals surface area contributed by atoms with Crippen LogP contribution in [0.25, 0.3) is 0 Å². The number of nitrogens with one attached hydrogen (secondary N) is 1. The van der Waals surface area contributed by atoms with Crippen molar-refractivity contribution in [3.63, 3.8) is 0 Å². The summed E-state index contributed by atoms with van der Waals surface area (Å²) >= 11 is 0. The number of rotatable bonds is 9. The first kappa shape index (κ1) is 20.3. The number of hydrogen-bond acceptors (Lipinski definition) is 5. The van der Waals surface area contributed by atoms with Crippen LogP contribution in [0.2, 0.25) is 0 Å². The Hall–Kier alpha value is -0.700. The molecule has 1 heterocycles. The minimum Gasteiger partial charge on any atom is -0.466 e. The van der Waals surface area contributed by atoms with E-state index in [2.05, 4.69) is 23.5 Å². The van der Waals surface area contributed by atoms with Crippen LogP contribution in [0.3, 0.4) is 0 Å². The van der Waals surface area contributed by atoms with Gasteiger partial charge in [0.15, 0.2) is 0 Å². The van der Waals surface area contributed by atoms with Crippen molar-refractivity contribution in [2.75, 3.05) is 39.8 Å². The van der Waals surface area contributed by atoms with Gasteiger partial charge >= 0.3 is 5.97 Å². The van der Waals surface area contributed by atoms with Gasteiger partial charge in [0.2, 0.25) is 0 Å². The monoisotopic (exact) mass is 349 g/mol. The molecule has 0 aliphatic carbocycles. The zero-order valence-electron chi connectivity index (χ0n) is 14.7. The highest BCUT2D eigenvalue weighted by Crippen LogP contribution is 2.19. The average Bonchev–Trinajstić information content (AvgIpc) is 2.54. The highest BCUT2D eigenvalue weighted by atomic mass is 32.2. The number of piperidine rings is 1. The lowest BCUT2D eigenvalue weighted by atomic mass is 10.0. The van der Waals surface area contributed by atoms with Gasteiger partial charge in [0, 0.05) is 32.2 Å². The number of carbonyl (C=O) groups excluding carboxylic acids is 1. The van der Waals surface area contributed by atoms with E-state index in [0.717, 1.165) is 6.42 Å². The van der Waals surface area contributed by atoms with Gasteiger partial charge in [-0.15, -0.1) is 0 Å². The first-order chi connectivity index (χ1) is 10.8. The summed E-state index contributed by atoms with van der Waals surface area (Å²) in [6.07, 6.45) is 2.38. The molecule has 0 aromatic carbocycles. The first-order valence-electron chi connectivity index (χ1n) is 8.43. The quantitative estimate of drug-likeness (QED) is 0.624. The van der Waals surface area contributed by atoms with Gasteiger partial charge in [0.05, 0.1) is 12.5 Å². The minimum absolute atomic E-state index is 0.204. The van der Waals surface area contributed by atoms with Crippen LogP contribution in [0.15, 0.2) is 0 Å².